The van der Waals surface area contributed by atoms with Crippen molar-refractivity contribution in [1.82, 2.24) is 4.57 Å². The van der Waals surface area contributed by atoms with Gasteiger partial charge in [0.1, 0.15) is 11.2 Å². The van der Waals surface area contributed by atoms with E-state index >= 15 is 0 Å². The van der Waals surface area contributed by atoms with Crippen molar-refractivity contribution in [3.63, 3.8) is 0 Å². The molecule has 0 N–H and O–H groups in total. The van der Waals surface area contributed by atoms with Crippen LogP contribution in [0.15, 0.2) is 235 Å². The third kappa shape index (κ3) is 5.74. The van der Waals surface area contributed by atoms with E-state index in [0.717, 1.165) is 77.8 Å². The second kappa shape index (κ2) is 14.3. The SMILES string of the molecule is c1ccc(-c2cccc(-c3ccc(N(c4ccccc4-c4cccc5c4oc4c6ccccc6ccc54)c4ccccc4-n4c5ccccc5c5ccccc54)cc3)c2)cc1. The number of furan rings is 1. The van der Waals surface area contributed by atoms with Crippen molar-refractivity contribution in [1.29, 1.82) is 0 Å². The van der Waals surface area contributed by atoms with E-state index in [1.165, 1.54) is 32.8 Å². The van der Waals surface area contributed by atoms with Gasteiger partial charge in [0, 0.05) is 43.7 Å². The van der Waals surface area contributed by atoms with Gasteiger partial charge in [0.15, 0.2) is 0 Å². The van der Waals surface area contributed by atoms with Crippen LogP contribution in [0.5, 0.6) is 0 Å². The first kappa shape index (κ1) is 34.9. The summed E-state index contributed by atoms with van der Waals surface area (Å²) in [5.74, 6) is 0. The summed E-state index contributed by atoms with van der Waals surface area (Å²) < 4.78 is 9.38. The third-order valence-corrected chi connectivity index (χ3v) is 12.2. The summed E-state index contributed by atoms with van der Waals surface area (Å²) >= 11 is 0. The summed E-state index contributed by atoms with van der Waals surface area (Å²) in [7, 11) is 0. The van der Waals surface area contributed by atoms with E-state index in [0.29, 0.717) is 0 Å². The van der Waals surface area contributed by atoms with Crippen LogP contribution in [-0.2, 0) is 0 Å². The second-order valence-corrected chi connectivity index (χ2v) is 15.7. The average Bonchev–Trinajstić information content (AvgIpc) is 3.89. The number of benzene rings is 10. The Balaban J connectivity index is 1.09. The van der Waals surface area contributed by atoms with E-state index in [1.54, 1.807) is 0 Å². The predicted molar refractivity (Wildman–Crippen MR) is 257 cm³/mol. The van der Waals surface area contributed by atoms with Crippen molar-refractivity contribution >= 4 is 71.6 Å². The maximum Gasteiger partial charge on any atom is 0.143 e. The van der Waals surface area contributed by atoms with Gasteiger partial charge >= 0.3 is 0 Å². The molecule has 0 unspecified atom stereocenters. The Hall–Kier alpha value is -8.14. The molecule has 0 aliphatic carbocycles. The van der Waals surface area contributed by atoms with Crippen LogP contribution in [0.4, 0.5) is 17.1 Å². The van der Waals surface area contributed by atoms with Gasteiger partial charge in [-0.25, -0.2) is 0 Å². The molecular weight excluding hydrogens is 741 g/mol. The molecule has 12 aromatic rings. The quantitative estimate of drug-likeness (QED) is 0.161. The van der Waals surface area contributed by atoms with Crippen molar-refractivity contribution in [3.05, 3.63) is 231 Å². The van der Waals surface area contributed by atoms with Gasteiger partial charge in [-0.1, -0.05) is 176 Å². The number of hydrogen-bond donors (Lipinski definition) is 0. The highest BCUT2D eigenvalue weighted by atomic mass is 16.3. The lowest BCUT2D eigenvalue weighted by Gasteiger charge is -2.30. The summed E-state index contributed by atoms with van der Waals surface area (Å²) in [6.45, 7) is 0. The molecule has 0 saturated carbocycles. The standard InChI is InChI=1S/C58H38N2O/c1-2-16-39(17-3-1)42-19-14-20-43(38-42)40-32-35-44(36-33-40)59(55-30-12-13-31-56(55)60-53-28-10-6-22-46(53)47-23-7-11-29-54(47)60)52-27-9-8-24-48(52)49-25-15-26-50-51-37-34-41-18-4-5-21-45(41)57(51)61-58(49)50/h1-38H. The van der Waals surface area contributed by atoms with Gasteiger partial charge in [0.25, 0.3) is 0 Å². The summed E-state index contributed by atoms with van der Waals surface area (Å²) in [6.07, 6.45) is 0. The highest BCUT2D eigenvalue weighted by Crippen LogP contribution is 2.47. The molecule has 12 rings (SSSR count). The Morgan fingerprint density at radius 3 is 1.64 bits per heavy atom. The third-order valence-electron chi connectivity index (χ3n) is 12.2. The minimum absolute atomic E-state index is 0.880. The van der Waals surface area contributed by atoms with Crippen LogP contribution in [0.3, 0.4) is 0 Å². The average molecular weight is 779 g/mol. The van der Waals surface area contributed by atoms with Crippen LogP contribution in [0.2, 0.25) is 0 Å². The molecule has 0 fully saturated rings. The highest BCUT2D eigenvalue weighted by Gasteiger charge is 2.24. The molecule has 2 heterocycles. The Bertz CT molecular complexity index is 3540. The zero-order valence-electron chi connectivity index (χ0n) is 33.2. The van der Waals surface area contributed by atoms with Gasteiger partial charge < -0.3 is 13.9 Å². The number of nitrogens with zero attached hydrogens (tertiary/aromatic N) is 2. The van der Waals surface area contributed by atoms with E-state index in [9.17, 15) is 0 Å². The van der Waals surface area contributed by atoms with Crippen molar-refractivity contribution in [3.8, 4) is 39.1 Å². The molecule has 0 bridgehead atoms. The lowest BCUT2D eigenvalue weighted by Crippen LogP contribution is -2.14. The number of rotatable bonds is 7. The number of fused-ring (bicyclic) bond motifs is 8. The monoisotopic (exact) mass is 778 g/mol. The number of anilines is 3. The van der Waals surface area contributed by atoms with Gasteiger partial charge in [-0.2, -0.15) is 0 Å². The molecule has 0 aliphatic rings. The molecule has 0 amide bonds. The Morgan fingerprint density at radius 2 is 0.869 bits per heavy atom. The normalized spacial score (nSPS) is 11.6. The van der Waals surface area contributed by atoms with Crippen molar-refractivity contribution < 1.29 is 4.42 Å². The van der Waals surface area contributed by atoms with Crippen LogP contribution in [-0.4, -0.2) is 4.57 Å². The molecule has 0 radical (unpaired) electrons. The largest absolute Gasteiger partial charge is 0.455 e. The van der Waals surface area contributed by atoms with Crippen molar-refractivity contribution in [2.75, 3.05) is 4.90 Å². The molecule has 61 heavy (non-hydrogen) atoms. The summed E-state index contributed by atoms with van der Waals surface area (Å²) in [4.78, 5) is 2.43. The summed E-state index contributed by atoms with van der Waals surface area (Å²) in [5.41, 5.74) is 15.2. The van der Waals surface area contributed by atoms with Gasteiger partial charge in [-0.05, 0) is 82.2 Å². The first-order chi connectivity index (χ1) is 30.3. The van der Waals surface area contributed by atoms with E-state index in [2.05, 4.69) is 240 Å². The van der Waals surface area contributed by atoms with E-state index in [1.807, 2.05) is 0 Å². The molecule has 10 aromatic carbocycles. The molecule has 0 saturated heterocycles. The molecular formula is C58H38N2O. The molecule has 3 nitrogen and oxygen atoms in total. The van der Waals surface area contributed by atoms with Crippen LogP contribution >= 0.6 is 0 Å². The predicted octanol–water partition coefficient (Wildman–Crippen LogP) is 16.3. The van der Waals surface area contributed by atoms with Gasteiger partial charge in [-0.3, -0.25) is 0 Å². The fraction of sp³-hybridized carbons (Fsp3) is 0. The fourth-order valence-electron chi connectivity index (χ4n) is 9.38. The lowest BCUT2D eigenvalue weighted by atomic mass is 9.97. The fourth-order valence-corrected chi connectivity index (χ4v) is 9.38. The van der Waals surface area contributed by atoms with Crippen LogP contribution in [0, 0.1) is 0 Å². The minimum atomic E-state index is 0.880. The molecule has 2 aromatic heterocycles. The topological polar surface area (TPSA) is 21.3 Å². The molecule has 286 valence electrons. The van der Waals surface area contributed by atoms with Crippen LogP contribution in [0.25, 0.3) is 93.6 Å². The van der Waals surface area contributed by atoms with Crippen LogP contribution in [0.1, 0.15) is 0 Å². The van der Waals surface area contributed by atoms with E-state index in [4.69, 9.17) is 4.42 Å². The first-order valence-electron chi connectivity index (χ1n) is 20.8. The highest BCUT2D eigenvalue weighted by molar-refractivity contribution is 6.18. The molecule has 0 atom stereocenters. The summed E-state index contributed by atoms with van der Waals surface area (Å²) in [5, 5.41) is 6.96. The maximum atomic E-state index is 6.96. The van der Waals surface area contributed by atoms with Gasteiger partial charge in [0.05, 0.1) is 28.1 Å². The van der Waals surface area contributed by atoms with E-state index in [-0.39, 0.29) is 0 Å². The summed E-state index contributed by atoms with van der Waals surface area (Å²) in [6, 6.07) is 82.8. The first-order valence-corrected chi connectivity index (χ1v) is 20.8. The molecule has 0 spiro atoms. The maximum absolute atomic E-state index is 6.96. The molecule has 3 heteroatoms. The number of aromatic nitrogens is 1. The molecule has 0 aliphatic heterocycles. The van der Waals surface area contributed by atoms with Gasteiger partial charge in [0.2, 0.25) is 0 Å². The van der Waals surface area contributed by atoms with Crippen LogP contribution < -0.4 is 4.90 Å². The Kier molecular flexibility index (Phi) is 8.17. The second-order valence-electron chi connectivity index (χ2n) is 15.7. The van der Waals surface area contributed by atoms with E-state index < -0.39 is 0 Å². The zero-order valence-corrected chi connectivity index (χ0v) is 33.2. The number of para-hydroxylation sites is 6. The zero-order chi connectivity index (χ0) is 40.3. The van der Waals surface area contributed by atoms with Crippen molar-refractivity contribution in [2.45, 2.75) is 0 Å². The minimum Gasteiger partial charge on any atom is -0.455 e. The smallest absolute Gasteiger partial charge is 0.143 e. The Morgan fingerprint density at radius 1 is 0.328 bits per heavy atom. The van der Waals surface area contributed by atoms with Gasteiger partial charge in [-0.15, -0.1) is 0 Å². The van der Waals surface area contributed by atoms with Crippen molar-refractivity contribution in [2.24, 2.45) is 0 Å². The lowest BCUT2D eigenvalue weighted by molar-refractivity contribution is 0.674. The number of hydrogen-bond acceptors (Lipinski definition) is 2. The Labute approximate surface area is 353 Å².